The van der Waals surface area contributed by atoms with Crippen LogP contribution in [0.2, 0.25) is 0 Å². The molecular formula is C14H12FN3O5. The molecule has 120 valence electrons. The number of amides is 2. The van der Waals surface area contributed by atoms with E-state index in [1.165, 1.54) is 30.5 Å². The van der Waals surface area contributed by atoms with Crippen LogP contribution in [0.1, 0.15) is 10.4 Å². The molecule has 0 aliphatic carbocycles. The molecule has 2 N–H and O–H groups in total. The fourth-order valence-electron chi connectivity index (χ4n) is 1.54. The first-order valence-electron chi connectivity index (χ1n) is 6.44. The van der Waals surface area contributed by atoms with Crippen molar-refractivity contribution in [3.8, 4) is 0 Å². The fraction of sp³-hybridized carbons (Fsp3) is 0.143. The number of aromatic nitrogens is 1. The summed E-state index contributed by atoms with van der Waals surface area (Å²) in [6.45, 7) is -0.992. The van der Waals surface area contributed by atoms with Crippen LogP contribution in [0.15, 0.2) is 41.1 Å². The van der Waals surface area contributed by atoms with E-state index in [-0.39, 0.29) is 11.4 Å². The number of halogens is 1. The molecule has 0 saturated carbocycles. The van der Waals surface area contributed by atoms with Gasteiger partial charge in [0.2, 0.25) is 0 Å². The van der Waals surface area contributed by atoms with Gasteiger partial charge in [-0.3, -0.25) is 14.4 Å². The van der Waals surface area contributed by atoms with Crippen molar-refractivity contribution in [1.29, 1.82) is 0 Å². The van der Waals surface area contributed by atoms with Gasteiger partial charge in [-0.15, -0.1) is 0 Å². The Hall–Kier alpha value is -3.23. The zero-order valence-corrected chi connectivity index (χ0v) is 11.7. The molecule has 0 unspecified atom stereocenters. The Morgan fingerprint density at radius 3 is 2.78 bits per heavy atom. The van der Waals surface area contributed by atoms with Gasteiger partial charge in [0.15, 0.2) is 12.4 Å². The maximum Gasteiger partial charge on any atom is 0.325 e. The molecule has 0 atom stereocenters. The smallest absolute Gasteiger partial charge is 0.325 e. The monoisotopic (exact) mass is 321 g/mol. The molecule has 2 aromatic rings. The number of esters is 1. The number of nitrogens with zero attached hydrogens (tertiary/aromatic N) is 1. The second-order valence-corrected chi connectivity index (χ2v) is 4.29. The number of carbonyl (C=O) groups excluding carboxylic acids is 3. The largest absolute Gasteiger partial charge is 0.454 e. The molecule has 9 heteroatoms. The maximum atomic E-state index is 13.0. The van der Waals surface area contributed by atoms with Crippen molar-refractivity contribution >= 4 is 23.6 Å². The van der Waals surface area contributed by atoms with Crippen LogP contribution in [-0.2, 0) is 14.3 Å². The van der Waals surface area contributed by atoms with E-state index in [2.05, 4.69) is 25.1 Å². The summed E-state index contributed by atoms with van der Waals surface area (Å²) in [6.07, 6.45) is 1.27. The van der Waals surface area contributed by atoms with E-state index in [9.17, 15) is 18.8 Å². The van der Waals surface area contributed by atoms with Gasteiger partial charge < -0.3 is 19.9 Å². The molecule has 0 saturated heterocycles. The average Bonchev–Trinajstić information content (AvgIpc) is 3.03. The summed E-state index contributed by atoms with van der Waals surface area (Å²) >= 11 is 0. The highest BCUT2D eigenvalue weighted by atomic mass is 19.1. The third kappa shape index (κ3) is 5.23. The van der Waals surface area contributed by atoms with Gasteiger partial charge in [-0.25, -0.2) is 4.39 Å². The van der Waals surface area contributed by atoms with Gasteiger partial charge >= 0.3 is 5.97 Å². The zero-order valence-electron chi connectivity index (χ0n) is 11.7. The number of hydrogen-bond donors (Lipinski definition) is 2. The van der Waals surface area contributed by atoms with Crippen LogP contribution in [0.3, 0.4) is 0 Å². The molecule has 1 heterocycles. The van der Waals surface area contributed by atoms with Crippen LogP contribution in [0, 0.1) is 5.82 Å². The van der Waals surface area contributed by atoms with Gasteiger partial charge in [0.1, 0.15) is 18.6 Å². The third-order valence-electron chi connectivity index (χ3n) is 2.55. The van der Waals surface area contributed by atoms with Crippen LogP contribution in [-0.4, -0.2) is 36.1 Å². The number of benzene rings is 1. The molecule has 0 spiro atoms. The fourth-order valence-corrected chi connectivity index (χ4v) is 1.54. The van der Waals surface area contributed by atoms with E-state index in [0.717, 1.165) is 6.07 Å². The van der Waals surface area contributed by atoms with Crippen molar-refractivity contribution in [3.63, 3.8) is 0 Å². The van der Waals surface area contributed by atoms with Gasteiger partial charge in [0, 0.05) is 11.6 Å². The predicted molar refractivity (Wildman–Crippen MR) is 74.8 cm³/mol. The molecule has 0 radical (unpaired) electrons. The molecule has 1 aromatic heterocycles. The Morgan fingerprint density at radius 1 is 1.26 bits per heavy atom. The molecule has 8 nitrogen and oxygen atoms in total. The van der Waals surface area contributed by atoms with E-state index in [1.807, 2.05) is 0 Å². The molecule has 2 amide bonds. The van der Waals surface area contributed by atoms with Crippen LogP contribution in [0.5, 0.6) is 0 Å². The summed E-state index contributed by atoms with van der Waals surface area (Å²) in [7, 11) is 0. The quantitative estimate of drug-likeness (QED) is 0.759. The summed E-state index contributed by atoms with van der Waals surface area (Å²) in [5.74, 6) is -2.43. The van der Waals surface area contributed by atoms with Crippen molar-refractivity contribution in [3.05, 3.63) is 48.0 Å². The second-order valence-electron chi connectivity index (χ2n) is 4.29. The Balaban J connectivity index is 1.70. The van der Waals surface area contributed by atoms with Crippen molar-refractivity contribution in [1.82, 2.24) is 10.5 Å². The molecule has 1 aromatic carbocycles. The van der Waals surface area contributed by atoms with Crippen molar-refractivity contribution in [2.45, 2.75) is 0 Å². The van der Waals surface area contributed by atoms with Gasteiger partial charge in [0.05, 0.1) is 0 Å². The van der Waals surface area contributed by atoms with E-state index < -0.39 is 36.8 Å². The topological polar surface area (TPSA) is 111 Å². The first-order chi connectivity index (χ1) is 11.0. The lowest BCUT2D eigenvalue weighted by atomic mass is 10.2. The van der Waals surface area contributed by atoms with Crippen molar-refractivity contribution in [2.24, 2.45) is 0 Å². The number of anilines is 1. The molecule has 2 rings (SSSR count). The van der Waals surface area contributed by atoms with E-state index in [4.69, 9.17) is 0 Å². The highest BCUT2D eigenvalue weighted by Gasteiger charge is 2.12. The van der Waals surface area contributed by atoms with Gasteiger partial charge in [-0.05, 0) is 18.2 Å². The molecule has 0 fully saturated rings. The summed E-state index contributed by atoms with van der Waals surface area (Å²) in [4.78, 5) is 34.5. The van der Waals surface area contributed by atoms with Gasteiger partial charge in [0.25, 0.3) is 11.8 Å². The first kappa shape index (κ1) is 16.1. The van der Waals surface area contributed by atoms with E-state index in [0.29, 0.717) is 0 Å². The molecular weight excluding hydrogens is 309 g/mol. The maximum absolute atomic E-state index is 13.0. The minimum Gasteiger partial charge on any atom is -0.454 e. The lowest BCUT2D eigenvalue weighted by Crippen LogP contribution is -2.32. The molecule has 0 aliphatic rings. The summed E-state index contributed by atoms with van der Waals surface area (Å²) in [5, 5.41) is 8.03. The summed E-state index contributed by atoms with van der Waals surface area (Å²) in [6, 6.07) is 6.41. The number of hydrogen-bond acceptors (Lipinski definition) is 6. The molecule has 23 heavy (non-hydrogen) atoms. The minimum atomic E-state index is -0.815. The highest BCUT2D eigenvalue weighted by Crippen LogP contribution is 2.03. The normalized spacial score (nSPS) is 9.96. The Bertz CT molecular complexity index is 702. The third-order valence-corrected chi connectivity index (χ3v) is 2.55. The standard InChI is InChI=1S/C14H12FN3O5/c15-10-3-1-2-9(6-10)14(21)16-7-13(20)22-8-12(19)17-11-4-5-23-18-11/h1-6H,7-8H2,(H,16,21)(H,17,18,19). The second kappa shape index (κ2) is 7.69. The van der Waals surface area contributed by atoms with E-state index >= 15 is 0 Å². The van der Waals surface area contributed by atoms with Gasteiger partial charge in [-0.1, -0.05) is 11.2 Å². The number of nitrogens with one attached hydrogen (secondary N) is 2. The molecule has 0 aliphatic heterocycles. The van der Waals surface area contributed by atoms with Gasteiger partial charge in [-0.2, -0.15) is 0 Å². The average molecular weight is 321 g/mol. The number of rotatable bonds is 6. The number of carbonyl (C=O) groups is 3. The SMILES string of the molecule is O=C(COC(=O)CNC(=O)c1cccc(F)c1)Nc1ccon1. The Kier molecular flexibility index (Phi) is 5.40. The predicted octanol–water partition coefficient (Wildman–Crippen LogP) is 0.725. The van der Waals surface area contributed by atoms with Crippen LogP contribution >= 0.6 is 0 Å². The lowest BCUT2D eigenvalue weighted by molar-refractivity contribution is -0.146. The molecule has 0 bridgehead atoms. The van der Waals surface area contributed by atoms with E-state index in [1.54, 1.807) is 0 Å². The Morgan fingerprint density at radius 2 is 2.09 bits per heavy atom. The lowest BCUT2D eigenvalue weighted by Gasteiger charge is -2.06. The van der Waals surface area contributed by atoms with Crippen molar-refractivity contribution in [2.75, 3.05) is 18.5 Å². The summed E-state index contributed by atoms with van der Waals surface area (Å²) < 4.78 is 22.1. The Labute approximate surface area is 129 Å². The highest BCUT2D eigenvalue weighted by molar-refractivity contribution is 5.96. The van der Waals surface area contributed by atoms with Crippen LogP contribution in [0.4, 0.5) is 10.2 Å². The van der Waals surface area contributed by atoms with Crippen LogP contribution < -0.4 is 10.6 Å². The first-order valence-corrected chi connectivity index (χ1v) is 6.44. The van der Waals surface area contributed by atoms with Crippen molar-refractivity contribution < 1.29 is 28.0 Å². The minimum absolute atomic E-state index is 0.0709. The zero-order chi connectivity index (χ0) is 16.7. The number of ether oxygens (including phenoxy) is 1. The van der Waals surface area contributed by atoms with Crippen LogP contribution in [0.25, 0.3) is 0 Å². The summed E-state index contributed by atoms with van der Waals surface area (Å²) in [5.41, 5.74) is 0.0709.